The van der Waals surface area contributed by atoms with Crippen LogP contribution >= 0.6 is 0 Å². The van der Waals surface area contributed by atoms with E-state index >= 15 is 0 Å². The number of nitrogens with one attached hydrogen (secondary N) is 2. The molecule has 3 aromatic rings. The van der Waals surface area contributed by atoms with E-state index in [0.29, 0.717) is 36.5 Å². The van der Waals surface area contributed by atoms with Crippen molar-refractivity contribution in [2.75, 3.05) is 29.9 Å². The molecule has 2 aliphatic rings. The van der Waals surface area contributed by atoms with Gasteiger partial charge < -0.3 is 20.6 Å². The number of hydrogen-bond acceptors (Lipinski definition) is 7. The zero-order chi connectivity index (χ0) is 25.7. The van der Waals surface area contributed by atoms with E-state index in [2.05, 4.69) is 25.6 Å². The van der Waals surface area contributed by atoms with Crippen molar-refractivity contribution in [3.63, 3.8) is 0 Å². The van der Waals surface area contributed by atoms with Gasteiger partial charge in [0.1, 0.15) is 5.82 Å². The van der Waals surface area contributed by atoms with Crippen LogP contribution in [0.2, 0.25) is 0 Å². The van der Waals surface area contributed by atoms with Crippen molar-refractivity contribution in [3.8, 4) is 5.69 Å². The van der Waals surface area contributed by atoms with E-state index in [9.17, 15) is 23.1 Å². The first-order valence-corrected chi connectivity index (χ1v) is 11.9. The van der Waals surface area contributed by atoms with Crippen molar-refractivity contribution in [2.45, 2.75) is 50.9 Å². The van der Waals surface area contributed by atoms with Gasteiger partial charge in [0.25, 0.3) is 0 Å². The van der Waals surface area contributed by atoms with Crippen LogP contribution in [0.25, 0.3) is 16.7 Å². The highest BCUT2D eigenvalue weighted by Gasteiger charge is 2.33. The van der Waals surface area contributed by atoms with Crippen LogP contribution < -0.4 is 15.5 Å². The molecule has 5 rings (SSSR count). The first kappa shape index (κ1) is 24.3. The predicted molar refractivity (Wildman–Crippen MR) is 128 cm³/mol. The molecule has 1 aromatic carbocycles. The quantitative estimate of drug-likeness (QED) is 0.491. The highest BCUT2D eigenvalue weighted by Crippen LogP contribution is 2.35. The molecule has 2 fully saturated rings. The molecule has 2 saturated heterocycles. The standard InChI is InChI=1S/C24H28F3N7O2/c1-23(2,36)14-6-8-33(9-7-14)20-18-13-29-34(17-5-3-4-15(10-17)24(25,26)27)21(18)32-22(31-20)30-16-11-19(35)28-12-16/h3-5,10,13-14,16,36H,6-9,11-12H2,1-2H3,(H,28,35)(H,30,31,32)/t16-/m1/s1. The van der Waals surface area contributed by atoms with Crippen molar-refractivity contribution < 1.29 is 23.1 Å². The molecule has 36 heavy (non-hydrogen) atoms. The van der Waals surface area contributed by atoms with Crippen LogP contribution in [0.3, 0.4) is 0 Å². The largest absolute Gasteiger partial charge is 0.416 e. The normalized spacial score (nSPS) is 19.7. The monoisotopic (exact) mass is 503 g/mol. The number of amides is 1. The van der Waals surface area contributed by atoms with Crippen molar-refractivity contribution >= 4 is 28.7 Å². The summed E-state index contributed by atoms with van der Waals surface area (Å²) in [5.41, 5.74) is -0.964. The van der Waals surface area contributed by atoms with E-state index in [0.717, 1.165) is 25.0 Å². The highest BCUT2D eigenvalue weighted by atomic mass is 19.4. The molecule has 4 heterocycles. The van der Waals surface area contributed by atoms with Crippen LogP contribution in [0.15, 0.2) is 30.5 Å². The Morgan fingerprint density at radius 3 is 2.56 bits per heavy atom. The molecule has 1 amide bonds. The fourth-order valence-corrected chi connectivity index (χ4v) is 4.89. The Morgan fingerprint density at radius 1 is 1.17 bits per heavy atom. The summed E-state index contributed by atoms with van der Waals surface area (Å²) in [6.07, 6.45) is -1.11. The Bertz CT molecular complexity index is 1280. The molecule has 12 heteroatoms. The van der Waals surface area contributed by atoms with E-state index in [1.54, 1.807) is 12.3 Å². The van der Waals surface area contributed by atoms with Gasteiger partial charge in [0, 0.05) is 26.1 Å². The van der Waals surface area contributed by atoms with Crippen LogP contribution in [0, 0.1) is 5.92 Å². The van der Waals surface area contributed by atoms with Crippen LogP contribution in [0.5, 0.6) is 0 Å². The smallest absolute Gasteiger partial charge is 0.390 e. The molecule has 0 unspecified atom stereocenters. The summed E-state index contributed by atoms with van der Waals surface area (Å²) in [7, 11) is 0. The molecule has 192 valence electrons. The zero-order valence-electron chi connectivity index (χ0n) is 20.0. The molecule has 2 aliphatic heterocycles. The lowest BCUT2D eigenvalue weighted by Gasteiger charge is -2.38. The number of halogens is 3. The molecule has 9 nitrogen and oxygen atoms in total. The summed E-state index contributed by atoms with van der Waals surface area (Å²) in [5.74, 6) is 0.966. The maximum absolute atomic E-state index is 13.3. The molecular weight excluding hydrogens is 475 g/mol. The van der Waals surface area contributed by atoms with Gasteiger partial charge in [-0.25, -0.2) is 4.68 Å². The van der Waals surface area contributed by atoms with E-state index in [-0.39, 0.29) is 35.9 Å². The molecule has 0 radical (unpaired) electrons. The number of aliphatic hydroxyl groups is 1. The maximum atomic E-state index is 13.3. The lowest BCUT2D eigenvalue weighted by atomic mass is 9.83. The van der Waals surface area contributed by atoms with Crippen LogP contribution in [-0.4, -0.2) is 62.0 Å². The molecule has 2 aromatic heterocycles. The third-order valence-corrected chi connectivity index (χ3v) is 6.93. The van der Waals surface area contributed by atoms with E-state index in [4.69, 9.17) is 4.98 Å². The number of rotatable bonds is 5. The van der Waals surface area contributed by atoms with E-state index < -0.39 is 17.3 Å². The van der Waals surface area contributed by atoms with Crippen molar-refractivity contribution in [1.82, 2.24) is 25.1 Å². The van der Waals surface area contributed by atoms with Gasteiger partial charge in [0.05, 0.1) is 34.5 Å². The van der Waals surface area contributed by atoms with Gasteiger partial charge in [0.15, 0.2) is 5.65 Å². The van der Waals surface area contributed by atoms with Gasteiger partial charge in [-0.3, -0.25) is 4.79 Å². The summed E-state index contributed by atoms with van der Waals surface area (Å²) in [4.78, 5) is 23.1. The number of nitrogens with zero attached hydrogens (tertiary/aromatic N) is 5. The van der Waals surface area contributed by atoms with Gasteiger partial charge in [-0.15, -0.1) is 0 Å². The molecule has 0 spiro atoms. The van der Waals surface area contributed by atoms with Gasteiger partial charge in [0.2, 0.25) is 11.9 Å². The molecule has 0 aliphatic carbocycles. The van der Waals surface area contributed by atoms with Gasteiger partial charge >= 0.3 is 6.18 Å². The summed E-state index contributed by atoms with van der Waals surface area (Å²) >= 11 is 0. The first-order valence-electron chi connectivity index (χ1n) is 11.9. The number of anilines is 2. The lowest BCUT2D eigenvalue weighted by Crippen LogP contribution is -2.42. The van der Waals surface area contributed by atoms with E-state index in [1.165, 1.54) is 10.7 Å². The van der Waals surface area contributed by atoms with Crippen molar-refractivity contribution in [3.05, 3.63) is 36.0 Å². The minimum absolute atomic E-state index is 0.0727. The number of piperidine rings is 1. The second-order valence-corrected chi connectivity index (χ2v) is 9.98. The SMILES string of the molecule is CC(C)(O)C1CCN(c2nc(N[C@H]3CNC(=O)C3)nc3c2cnn3-c2cccc(C(F)(F)F)c2)CC1. The average molecular weight is 504 g/mol. The number of hydrogen-bond donors (Lipinski definition) is 3. The summed E-state index contributed by atoms with van der Waals surface area (Å²) in [6.45, 7) is 5.36. The minimum atomic E-state index is -4.49. The number of alkyl halides is 3. The van der Waals surface area contributed by atoms with Crippen molar-refractivity contribution in [2.24, 2.45) is 5.92 Å². The summed E-state index contributed by atoms with van der Waals surface area (Å²) in [6, 6.07) is 4.73. The Labute approximate surface area is 205 Å². The topological polar surface area (TPSA) is 108 Å². The second kappa shape index (κ2) is 8.91. The number of carbonyl (C=O) groups excluding carboxylic acids is 1. The zero-order valence-corrected chi connectivity index (χ0v) is 20.0. The number of fused-ring (bicyclic) bond motifs is 1. The molecule has 3 N–H and O–H groups in total. The molecule has 1 atom stereocenters. The van der Waals surface area contributed by atoms with Gasteiger partial charge in [-0.1, -0.05) is 6.07 Å². The van der Waals surface area contributed by atoms with Crippen LogP contribution in [0.4, 0.5) is 24.9 Å². The Kier molecular flexibility index (Phi) is 6.01. The van der Waals surface area contributed by atoms with Crippen LogP contribution in [-0.2, 0) is 11.0 Å². The molecule has 0 saturated carbocycles. The average Bonchev–Trinajstić information content (AvgIpc) is 3.43. The van der Waals surface area contributed by atoms with Crippen LogP contribution in [0.1, 0.15) is 38.7 Å². The lowest BCUT2D eigenvalue weighted by molar-refractivity contribution is -0.137. The van der Waals surface area contributed by atoms with Crippen molar-refractivity contribution in [1.29, 1.82) is 0 Å². The van der Waals surface area contributed by atoms with Gasteiger partial charge in [-0.05, 0) is 50.8 Å². The predicted octanol–water partition coefficient (Wildman–Crippen LogP) is 3.12. The Hall–Kier alpha value is -3.41. The number of aromatic nitrogens is 4. The third-order valence-electron chi connectivity index (χ3n) is 6.93. The maximum Gasteiger partial charge on any atom is 0.416 e. The summed E-state index contributed by atoms with van der Waals surface area (Å²) < 4.78 is 41.4. The van der Waals surface area contributed by atoms with Gasteiger partial charge in [-0.2, -0.15) is 28.2 Å². The Balaban J connectivity index is 1.55. The number of carbonyl (C=O) groups is 1. The first-order chi connectivity index (χ1) is 17.0. The molecule has 0 bridgehead atoms. The second-order valence-electron chi connectivity index (χ2n) is 9.98. The third kappa shape index (κ3) is 4.81. The fraction of sp³-hybridized carbons (Fsp3) is 0.500. The minimum Gasteiger partial charge on any atom is -0.390 e. The fourth-order valence-electron chi connectivity index (χ4n) is 4.89. The van der Waals surface area contributed by atoms with E-state index in [1.807, 2.05) is 13.8 Å². The molecular formula is C24H28F3N7O2. The Morgan fingerprint density at radius 2 is 1.92 bits per heavy atom. The highest BCUT2D eigenvalue weighted by molar-refractivity contribution is 5.89. The summed E-state index contributed by atoms with van der Waals surface area (Å²) in [5, 5.41) is 21.4. The number of benzene rings is 1.